The standard InChI is InChI=1S/C17H17N3O3/c1-13(21)19-15-7-5-14(6-8-15)17(22)20(10-3-9-18)12-16-4-2-11-23-16/h2,4-8,11H,3,10,12H2,1H3,(H,19,21). The summed E-state index contributed by atoms with van der Waals surface area (Å²) in [6, 6.07) is 12.2. The van der Waals surface area contributed by atoms with Gasteiger partial charge in [-0.2, -0.15) is 5.26 Å². The normalized spacial score (nSPS) is 9.91. The molecule has 6 nitrogen and oxygen atoms in total. The molecule has 1 heterocycles. The zero-order valence-electron chi connectivity index (χ0n) is 12.8. The predicted octanol–water partition coefficient (Wildman–Crippen LogP) is 2.79. The molecule has 0 aliphatic carbocycles. The largest absolute Gasteiger partial charge is 0.467 e. The lowest BCUT2D eigenvalue weighted by Gasteiger charge is -2.20. The Balaban J connectivity index is 2.12. The number of hydrogen-bond donors (Lipinski definition) is 1. The van der Waals surface area contributed by atoms with E-state index in [4.69, 9.17) is 9.68 Å². The van der Waals surface area contributed by atoms with E-state index < -0.39 is 0 Å². The van der Waals surface area contributed by atoms with E-state index in [1.807, 2.05) is 6.07 Å². The van der Waals surface area contributed by atoms with Crippen molar-refractivity contribution in [2.75, 3.05) is 11.9 Å². The molecule has 0 radical (unpaired) electrons. The molecule has 1 aromatic heterocycles. The summed E-state index contributed by atoms with van der Waals surface area (Å²) in [6.07, 6.45) is 1.79. The molecule has 0 saturated carbocycles. The van der Waals surface area contributed by atoms with Crippen LogP contribution < -0.4 is 5.32 Å². The first-order valence-corrected chi connectivity index (χ1v) is 7.16. The van der Waals surface area contributed by atoms with Crippen molar-refractivity contribution in [3.05, 3.63) is 54.0 Å². The number of rotatable bonds is 6. The van der Waals surface area contributed by atoms with Gasteiger partial charge in [-0.05, 0) is 36.4 Å². The second-order valence-electron chi connectivity index (χ2n) is 4.97. The number of benzene rings is 1. The number of amides is 2. The number of anilines is 1. The van der Waals surface area contributed by atoms with Gasteiger partial charge in [-0.25, -0.2) is 0 Å². The maximum Gasteiger partial charge on any atom is 0.254 e. The molecular formula is C17H17N3O3. The molecule has 118 valence electrons. The third-order valence-corrected chi connectivity index (χ3v) is 3.16. The molecule has 23 heavy (non-hydrogen) atoms. The van der Waals surface area contributed by atoms with E-state index in [1.165, 1.54) is 6.92 Å². The van der Waals surface area contributed by atoms with E-state index >= 15 is 0 Å². The second-order valence-corrected chi connectivity index (χ2v) is 4.97. The van der Waals surface area contributed by atoms with Gasteiger partial charge in [0.05, 0.1) is 25.3 Å². The maximum atomic E-state index is 12.6. The molecule has 6 heteroatoms. The van der Waals surface area contributed by atoms with Crippen LogP contribution in [-0.2, 0) is 11.3 Å². The lowest BCUT2D eigenvalue weighted by atomic mass is 10.1. The molecule has 2 rings (SSSR count). The van der Waals surface area contributed by atoms with Gasteiger partial charge in [-0.1, -0.05) is 0 Å². The minimum Gasteiger partial charge on any atom is -0.467 e. The number of nitriles is 1. The van der Waals surface area contributed by atoms with Crippen LogP contribution in [0.2, 0.25) is 0 Å². The average Bonchev–Trinajstić information content (AvgIpc) is 3.04. The summed E-state index contributed by atoms with van der Waals surface area (Å²) < 4.78 is 5.27. The summed E-state index contributed by atoms with van der Waals surface area (Å²) in [6.45, 7) is 2.05. The van der Waals surface area contributed by atoms with Gasteiger partial charge in [0.25, 0.3) is 5.91 Å². The number of nitrogens with zero attached hydrogens (tertiary/aromatic N) is 2. The Bertz CT molecular complexity index is 700. The predicted molar refractivity (Wildman–Crippen MR) is 84.4 cm³/mol. The van der Waals surface area contributed by atoms with Crippen molar-refractivity contribution < 1.29 is 14.0 Å². The summed E-state index contributed by atoms with van der Waals surface area (Å²) >= 11 is 0. The molecule has 0 fully saturated rings. The SMILES string of the molecule is CC(=O)Nc1ccc(C(=O)N(CCC#N)Cc2ccco2)cc1. The van der Waals surface area contributed by atoms with Gasteiger partial charge in [-0.15, -0.1) is 0 Å². The summed E-state index contributed by atoms with van der Waals surface area (Å²) in [5, 5.41) is 11.4. The first-order chi connectivity index (χ1) is 11.1. The van der Waals surface area contributed by atoms with E-state index in [9.17, 15) is 9.59 Å². The Morgan fingerprint density at radius 1 is 1.26 bits per heavy atom. The van der Waals surface area contributed by atoms with Gasteiger partial charge in [0, 0.05) is 24.7 Å². The van der Waals surface area contributed by atoms with Gasteiger partial charge in [0.1, 0.15) is 5.76 Å². The molecule has 0 saturated heterocycles. The zero-order chi connectivity index (χ0) is 16.7. The molecule has 2 aromatic rings. The Morgan fingerprint density at radius 2 is 2.00 bits per heavy atom. The second kappa shape index (κ2) is 7.80. The van der Waals surface area contributed by atoms with E-state index in [1.54, 1.807) is 47.6 Å². The molecule has 0 atom stereocenters. The first kappa shape index (κ1) is 16.3. The van der Waals surface area contributed by atoms with E-state index in [2.05, 4.69) is 5.32 Å². The quantitative estimate of drug-likeness (QED) is 0.888. The van der Waals surface area contributed by atoms with Crippen LogP contribution in [-0.4, -0.2) is 23.3 Å². The van der Waals surface area contributed by atoms with Crippen molar-refractivity contribution in [3.8, 4) is 6.07 Å². The van der Waals surface area contributed by atoms with Crippen LogP contribution >= 0.6 is 0 Å². The third-order valence-electron chi connectivity index (χ3n) is 3.16. The fraction of sp³-hybridized carbons (Fsp3) is 0.235. The maximum absolute atomic E-state index is 12.6. The van der Waals surface area contributed by atoms with Gasteiger partial charge in [-0.3, -0.25) is 9.59 Å². The van der Waals surface area contributed by atoms with Crippen molar-refractivity contribution in [1.82, 2.24) is 4.90 Å². The van der Waals surface area contributed by atoms with Gasteiger partial charge < -0.3 is 14.6 Å². The van der Waals surface area contributed by atoms with Crippen LogP contribution in [0, 0.1) is 11.3 Å². The van der Waals surface area contributed by atoms with Crippen LogP contribution in [0.5, 0.6) is 0 Å². The Labute approximate surface area is 134 Å². The zero-order valence-corrected chi connectivity index (χ0v) is 12.8. The highest BCUT2D eigenvalue weighted by Gasteiger charge is 2.17. The number of carbonyl (C=O) groups is 2. The molecule has 1 N–H and O–H groups in total. The molecule has 1 aromatic carbocycles. The lowest BCUT2D eigenvalue weighted by Crippen LogP contribution is -2.31. The van der Waals surface area contributed by atoms with Crippen LogP contribution in [0.25, 0.3) is 0 Å². The minimum absolute atomic E-state index is 0.169. The van der Waals surface area contributed by atoms with Crippen LogP contribution in [0.15, 0.2) is 47.1 Å². The number of carbonyl (C=O) groups excluding carboxylic acids is 2. The molecular weight excluding hydrogens is 294 g/mol. The highest BCUT2D eigenvalue weighted by atomic mass is 16.3. The fourth-order valence-electron chi connectivity index (χ4n) is 2.11. The lowest BCUT2D eigenvalue weighted by molar-refractivity contribution is -0.114. The summed E-state index contributed by atoms with van der Waals surface area (Å²) in [5.41, 5.74) is 1.12. The van der Waals surface area contributed by atoms with Gasteiger partial charge in [0.2, 0.25) is 5.91 Å². The molecule has 2 amide bonds. The molecule has 0 aliphatic rings. The molecule has 0 aliphatic heterocycles. The highest BCUT2D eigenvalue weighted by molar-refractivity contribution is 5.95. The molecule has 0 spiro atoms. The van der Waals surface area contributed by atoms with E-state index in [0.29, 0.717) is 30.1 Å². The van der Waals surface area contributed by atoms with Crippen molar-refractivity contribution in [3.63, 3.8) is 0 Å². The van der Waals surface area contributed by atoms with Crippen LogP contribution in [0.1, 0.15) is 29.5 Å². The average molecular weight is 311 g/mol. The van der Waals surface area contributed by atoms with E-state index in [0.717, 1.165) is 0 Å². The fourth-order valence-corrected chi connectivity index (χ4v) is 2.11. The molecule has 0 unspecified atom stereocenters. The van der Waals surface area contributed by atoms with Crippen molar-refractivity contribution in [2.45, 2.75) is 19.9 Å². The highest BCUT2D eigenvalue weighted by Crippen LogP contribution is 2.14. The summed E-state index contributed by atoms with van der Waals surface area (Å²) in [7, 11) is 0. The Kier molecular flexibility index (Phi) is 5.53. The summed E-state index contributed by atoms with van der Waals surface area (Å²) in [4.78, 5) is 25.2. The number of furan rings is 1. The van der Waals surface area contributed by atoms with Crippen molar-refractivity contribution in [2.24, 2.45) is 0 Å². The first-order valence-electron chi connectivity index (χ1n) is 7.16. The topological polar surface area (TPSA) is 86.3 Å². The van der Waals surface area contributed by atoms with E-state index in [-0.39, 0.29) is 18.2 Å². The van der Waals surface area contributed by atoms with Crippen LogP contribution in [0.3, 0.4) is 0 Å². The Morgan fingerprint density at radius 3 is 2.57 bits per heavy atom. The third kappa shape index (κ3) is 4.71. The smallest absolute Gasteiger partial charge is 0.254 e. The van der Waals surface area contributed by atoms with Crippen molar-refractivity contribution in [1.29, 1.82) is 5.26 Å². The van der Waals surface area contributed by atoms with Crippen molar-refractivity contribution >= 4 is 17.5 Å². The molecule has 0 bridgehead atoms. The van der Waals surface area contributed by atoms with Gasteiger partial charge in [0.15, 0.2) is 0 Å². The van der Waals surface area contributed by atoms with Gasteiger partial charge >= 0.3 is 0 Å². The number of hydrogen-bond acceptors (Lipinski definition) is 4. The minimum atomic E-state index is -0.189. The number of nitrogens with one attached hydrogen (secondary N) is 1. The monoisotopic (exact) mass is 311 g/mol. The summed E-state index contributed by atoms with van der Waals surface area (Å²) in [5.74, 6) is 0.301. The Hall–Kier alpha value is -3.07. The van der Waals surface area contributed by atoms with Crippen LogP contribution in [0.4, 0.5) is 5.69 Å².